The van der Waals surface area contributed by atoms with Crippen molar-refractivity contribution >= 4 is 27.9 Å². The summed E-state index contributed by atoms with van der Waals surface area (Å²) in [4.78, 5) is 7.13. The van der Waals surface area contributed by atoms with E-state index in [9.17, 15) is 0 Å². The monoisotopic (exact) mass is 333 g/mol. The van der Waals surface area contributed by atoms with Crippen molar-refractivity contribution in [2.75, 3.05) is 6.54 Å². The molecule has 0 aliphatic carbocycles. The van der Waals surface area contributed by atoms with Crippen molar-refractivity contribution in [2.24, 2.45) is 5.73 Å². The van der Waals surface area contributed by atoms with E-state index in [1.165, 1.54) is 21.8 Å². The molecule has 0 amide bonds. The van der Waals surface area contributed by atoms with Gasteiger partial charge in [-0.2, -0.15) is 0 Å². The second-order valence-corrected chi connectivity index (χ2v) is 6.96. The van der Waals surface area contributed by atoms with Crippen LogP contribution in [0.5, 0.6) is 0 Å². The van der Waals surface area contributed by atoms with Crippen molar-refractivity contribution in [1.29, 1.82) is 0 Å². The van der Waals surface area contributed by atoms with Gasteiger partial charge in [-0.15, -0.1) is 11.3 Å². The summed E-state index contributed by atoms with van der Waals surface area (Å²) in [5.41, 5.74) is 11.6. The largest absolute Gasteiger partial charge is 0.330 e. The number of fused-ring (bicyclic) bond motifs is 1. The maximum Gasteiger partial charge on any atom is 0.194 e. The van der Waals surface area contributed by atoms with Gasteiger partial charge in [-0.25, -0.2) is 4.98 Å². The zero-order valence-corrected chi connectivity index (χ0v) is 14.7. The molecular weight excluding hydrogens is 314 g/mol. The first-order chi connectivity index (χ1) is 10.6. The Labute approximate surface area is 139 Å². The zero-order valence-electron chi connectivity index (χ0n) is 13.1. The Balaban J connectivity index is 2.31. The van der Waals surface area contributed by atoms with E-state index in [1.54, 1.807) is 11.3 Å². The molecule has 5 heteroatoms. The number of nitrogens with two attached hydrogens (primary N) is 1. The Morgan fingerprint density at radius 3 is 2.73 bits per heavy atom. The van der Waals surface area contributed by atoms with Gasteiger partial charge in [0.2, 0.25) is 0 Å². The Morgan fingerprint density at radius 2 is 2.09 bits per heavy atom. The van der Waals surface area contributed by atoms with Crippen LogP contribution in [0.25, 0.3) is 16.2 Å². The molecule has 3 nitrogen and oxygen atoms in total. The van der Waals surface area contributed by atoms with E-state index in [4.69, 9.17) is 22.3 Å². The lowest BCUT2D eigenvalue weighted by atomic mass is 10.1. The quantitative estimate of drug-likeness (QED) is 0.769. The summed E-state index contributed by atoms with van der Waals surface area (Å²) in [6, 6.07) is 6.23. The van der Waals surface area contributed by atoms with Crippen LogP contribution in [0.1, 0.15) is 28.8 Å². The Kier molecular flexibility index (Phi) is 4.26. The van der Waals surface area contributed by atoms with Gasteiger partial charge in [-0.1, -0.05) is 24.6 Å². The van der Waals surface area contributed by atoms with E-state index >= 15 is 0 Å². The molecule has 3 aromatic rings. The molecule has 116 valence electrons. The molecule has 0 bridgehead atoms. The molecule has 0 aliphatic heterocycles. The highest BCUT2D eigenvalue weighted by Gasteiger charge is 2.19. The van der Waals surface area contributed by atoms with Crippen LogP contribution < -0.4 is 5.73 Å². The average molecular weight is 334 g/mol. The Hall–Kier alpha value is -1.36. The maximum absolute atomic E-state index is 6.19. The number of rotatable bonds is 4. The molecule has 2 N–H and O–H groups in total. The number of imidazole rings is 1. The fourth-order valence-corrected chi connectivity index (χ4v) is 4.13. The number of aryl methyl sites for hydroxylation is 3. The third kappa shape index (κ3) is 2.45. The van der Waals surface area contributed by atoms with Gasteiger partial charge in [0.15, 0.2) is 4.96 Å². The van der Waals surface area contributed by atoms with Crippen molar-refractivity contribution in [3.63, 3.8) is 0 Å². The summed E-state index contributed by atoms with van der Waals surface area (Å²) in [5.74, 6) is 0. The van der Waals surface area contributed by atoms with Crippen molar-refractivity contribution in [1.82, 2.24) is 9.38 Å². The predicted molar refractivity (Wildman–Crippen MR) is 95.1 cm³/mol. The molecule has 2 aromatic heterocycles. The maximum atomic E-state index is 6.19. The molecular formula is C17H20ClN3S. The minimum Gasteiger partial charge on any atom is -0.330 e. The highest BCUT2D eigenvalue weighted by atomic mass is 35.5. The summed E-state index contributed by atoms with van der Waals surface area (Å²) < 4.78 is 2.29. The number of halogens is 1. The molecule has 0 unspecified atom stereocenters. The minimum absolute atomic E-state index is 0.630. The van der Waals surface area contributed by atoms with E-state index in [1.807, 2.05) is 13.0 Å². The van der Waals surface area contributed by atoms with Crippen LogP contribution in [-0.4, -0.2) is 15.9 Å². The number of hydrogen-bond donors (Lipinski definition) is 1. The molecule has 3 rings (SSSR count). The van der Waals surface area contributed by atoms with E-state index in [0.717, 1.165) is 34.1 Å². The van der Waals surface area contributed by atoms with E-state index < -0.39 is 0 Å². The van der Waals surface area contributed by atoms with Crippen molar-refractivity contribution < 1.29 is 0 Å². The third-order valence-corrected chi connectivity index (χ3v) is 5.59. The first kappa shape index (κ1) is 15.5. The van der Waals surface area contributed by atoms with E-state index in [0.29, 0.717) is 6.54 Å². The molecule has 0 aliphatic rings. The van der Waals surface area contributed by atoms with Crippen LogP contribution in [0.2, 0.25) is 5.02 Å². The van der Waals surface area contributed by atoms with Crippen molar-refractivity contribution in [2.45, 2.75) is 33.6 Å². The van der Waals surface area contributed by atoms with E-state index in [-0.39, 0.29) is 0 Å². The van der Waals surface area contributed by atoms with Gasteiger partial charge in [0.25, 0.3) is 0 Å². The summed E-state index contributed by atoms with van der Waals surface area (Å²) in [7, 11) is 0. The highest BCUT2D eigenvalue weighted by molar-refractivity contribution is 7.17. The SMILES string of the molecule is CCc1sc2nc(C)c(CCN)n2c1-c1ccc(Cl)c(C)c1. The van der Waals surface area contributed by atoms with Gasteiger partial charge in [0, 0.05) is 27.6 Å². The van der Waals surface area contributed by atoms with Crippen molar-refractivity contribution in [3.8, 4) is 11.3 Å². The summed E-state index contributed by atoms with van der Waals surface area (Å²) >= 11 is 7.95. The van der Waals surface area contributed by atoms with Gasteiger partial charge in [-0.3, -0.25) is 4.40 Å². The Morgan fingerprint density at radius 1 is 1.32 bits per heavy atom. The second-order valence-electron chi connectivity index (χ2n) is 5.49. The second kappa shape index (κ2) is 6.03. The van der Waals surface area contributed by atoms with Crippen LogP contribution in [0.4, 0.5) is 0 Å². The van der Waals surface area contributed by atoms with Gasteiger partial charge >= 0.3 is 0 Å². The molecule has 0 atom stereocenters. The first-order valence-corrected chi connectivity index (χ1v) is 8.72. The van der Waals surface area contributed by atoms with Gasteiger partial charge in [0.1, 0.15) is 0 Å². The van der Waals surface area contributed by atoms with Gasteiger partial charge in [-0.05, 0) is 44.5 Å². The third-order valence-electron chi connectivity index (χ3n) is 3.98. The predicted octanol–water partition coefficient (Wildman–Crippen LogP) is 4.40. The highest BCUT2D eigenvalue weighted by Crippen LogP contribution is 2.35. The fraction of sp³-hybridized carbons (Fsp3) is 0.353. The lowest BCUT2D eigenvalue weighted by molar-refractivity contribution is 0.897. The molecule has 0 saturated carbocycles. The summed E-state index contributed by atoms with van der Waals surface area (Å²) in [6.07, 6.45) is 1.83. The van der Waals surface area contributed by atoms with Crippen LogP contribution in [-0.2, 0) is 12.8 Å². The smallest absolute Gasteiger partial charge is 0.194 e. The number of hydrogen-bond acceptors (Lipinski definition) is 3. The number of aromatic nitrogens is 2. The molecule has 2 heterocycles. The minimum atomic E-state index is 0.630. The topological polar surface area (TPSA) is 43.3 Å². The van der Waals surface area contributed by atoms with Crippen LogP contribution in [0.3, 0.4) is 0 Å². The van der Waals surface area contributed by atoms with Crippen LogP contribution in [0, 0.1) is 13.8 Å². The lowest BCUT2D eigenvalue weighted by Crippen LogP contribution is -2.07. The van der Waals surface area contributed by atoms with Crippen LogP contribution in [0.15, 0.2) is 18.2 Å². The normalized spacial score (nSPS) is 11.5. The first-order valence-electron chi connectivity index (χ1n) is 7.53. The lowest BCUT2D eigenvalue weighted by Gasteiger charge is -2.09. The van der Waals surface area contributed by atoms with E-state index in [2.05, 4.69) is 30.4 Å². The molecule has 0 spiro atoms. The zero-order chi connectivity index (χ0) is 15.9. The molecule has 22 heavy (non-hydrogen) atoms. The Bertz CT molecular complexity index is 832. The average Bonchev–Trinajstić information content (AvgIpc) is 2.99. The summed E-state index contributed by atoms with van der Waals surface area (Å²) in [5, 5.41) is 0.803. The van der Waals surface area contributed by atoms with Gasteiger partial charge in [0.05, 0.1) is 11.4 Å². The number of nitrogens with zero attached hydrogens (tertiary/aromatic N) is 2. The molecule has 1 aromatic carbocycles. The molecule has 0 saturated heterocycles. The fourth-order valence-electron chi connectivity index (χ4n) is 2.87. The van der Waals surface area contributed by atoms with Crippen molar-refractivity contribution in [3.05, 3.63) is 45.1 Å². The summed E-state index contributed by atoms with van der Waals surface area (Å²) in [6.45, 7) is 6.92. The number of benzene rings is 1. The standard InChI is InChI=1S/C17H20ClN3S/c1-4-15-16(12-5-6-13(18)10(2)9-12)21-14(7-8-19)11(3)20-17(21)22-15/h5-6,9H,4,7-8,19H2,1-3H3. The number of thiazole rings is 1. The molecule has 0 fully saturated rings. The molecule has 0 radical (unpaired) electrons. The van der Waals surface area contributed by atoms with Crippen LogP contribution >= 0.6 is 22.9 Å². The van der Waals surface area contributed by atoms with Gasteiger partial charge < -0.3 is 5.73 Å².